The van der Waals surface area contributed by atoms with Gasteiger partial charge in [0.2, 0.25) is 10.0 Å². The van der Waals surface area contributed by atoms with Gasteiger partial charge in [-0.05, 0) is 43.7 Å². The van der Waals surface area contributed by atoms with Crippen molar-refractivity contribution in [2.24, 2.45) is 0 Å². The Morgan fingerprint density at radius 1 is 1.24 bits per heavy atom. The second-order valence-corrected chi connectivity index (χ2v) is 6.48. The minimum absolute atomic E-state index is 0.166. The normalized spacial score (nSPS) is 12.8. The molecule has 110 valence electrons. The van der Waals surface area contributed by atoms with E-state index >= 15 is 0 Å². The molecule has 0 spiro atoms. The molecule has 1 aromatic carbocycles. The summed E-state index contributed by atoms with van der Waals surface area (Å²) in [6.45, 7) is 3.53. The van der Waals surface area contributed by atoms with Crippen LogP contribution in [0.2, 0.25) is 0 Å². The standard InChI is InChI=1S/C15H16N2O3S/c1-11-3-8-15(20-11)12(2)17-21(18,19)14-6-4-13(5-7-14)9-10-16/h3-8,12,17H,9H2,1-2H3. The lowest BCUT2D eigenvalue weighted by atomic mass is 10.2. The highest BCUT2D eigenvalue weighted by Crippen LogP contribution is 2.19. The molecule has 2 rings (SSSR count). The Labute approximate surface area is 124 Å². The summed E-state index contributed by atoms with van der Waals surface area (Å²) in [5.41, 5.74) is 0.783. The predicted octanol–water partition coefficient (Wildman–Crippen LogP) is 2.69. The van der Waals surface area contributed by atoms with Gasteiger partial charge in [-0.1, -0.05) is 12.1 Å². The van der Waals surface area contributed by atoms with Crippen molar-refractivity contribution in [1.82, 2.24) is 4.72 Å². The molecule has 0 saturated carbocycles. The van der Waals surface area contributed by atoms with E-state index in [2.05, 4.69) is 4.72 Å². The molecule has 0 radical (unpaired) electrons. The second kappa shape index (κ2) is 6.12. The van der Waals surface area contributed by atoms with Crippen molar-refractivity contribution in [1.29, 1.82) is 5.26 Å². The van der Waals surface area contributed by atoms with Crippen molar-refractivity contribution < 1.29 is 12.8 Å². The molecule has 2 aromatic rings. The number of aryl methyl sites for hydroxylation is 1. The Morgan fingerprint density at radius 3 is 2.43 bits per heavy atom. The van der Waals surface area contributed by atoms with Crippen LogP contribution in [-0.4, -0.2) is 8.42 Å². The third-order valence-corrected chi connectivity index (χ3v) is 4.59. The van der Waals surface area contributed by atoms with Gasteiger partial charge >= 0.3 is 0 Å². The zero-order valence-corrected chi connectivity index (χ0v) is 12.6. The average Bonchev–Trinajstić information content (AvgIpc) is 2.86. The van der Waals surface area contributed by atoms with E-state index in [0.717, 1.165) is 11.3 Å². The van der Waals surface area contributed by atoms with Crippen LogP contribution in [0.25, 0.3) is 0 Å². The largest absolute Gasteiger partial charge is 0.465 e. The lowest BCUT2D eigenvalue weighted by Gasteiger charge is -2.12. The third-order valence-electron chi connectivity index (χ3n) is 3.04. The first-order valence-electron chi connectivity index (χ1n) is 6.47. The van der Waals surface area contributed by atoms with E-state index < -0.39 is 16.1 Å². The summed E-state index contributed by atoms with van der Waals surface area (Å²) in [6, 6.07) is 11.4. The number of hydrogen-bond acceptors (Lipinski definition) is 4. The van der Waals surface area contributed by atoms with Gasteiger partial charge in [0, 0.05) is 0 Å². The van der Waals surface area contributed by atoms with Crippen LogP contribution in [0.15, 0.2) is 45.7 Å². The minimum Gasteiger partial charge on any atom is -0.465 e. The van der Waals surface area contributed by atoms with Gasteiger partial charge in [0.25, 0.3) is 0 Å². The van der Waals surface area contributed by atoms with Gasteiger partial charge in [0.1, 0.15) is 11.5 Å². The molecule has 0 fully saturated rings. The molecule has 1 N–H and O–H groups in total. The number of hydrogen-bond donors (Lipinski definition) is 1. The zero-order chi connectivity index (χ0) is 15.5. The molecule has 0 amide bonds. The van der Waals surface area contributed by atoms with Gasteiger partial charge in [0.15, 0.2) is 0 Å². The first-order chi connectivity index (χ1) is 9.92. The molecule has 0 saturated heterocycles. The number of rotatable bonds is 5. The number of nitrogens with one attached hydrogen (secondary N) is 1. The molecule has 6 heteroatoms. The maximum absolute atomic E-state index is 12.3. The second-order valence-electron chi connectivity index (χ2n) is 4.77. The first kappa shape index (κ1) is 15.3. The van der Waals surface area contributed by atoms with Crippen molar-refractivity contribution in [3.05, 3.63) is 53.5 Å². The monoisotopic (exact) mass is 304 g/mol. The van der Waals surface area contributed by atoms with E-state index in [1.54, 1.807) is 38.1 Å². The fraction of sp³-hybridized carbons (Fsp3) is 0.267. The molecule has 1 atom stereocenters. The number of nitrogens with zero attached hydrogens (tertiary/aromatic N) is 1. The van der Waals surface area contributed by atoms with Gasteiger partial charge < -0.3 is 4.42 Å². The van der Waals surface area contributed by atoms with E-state index in [9.17, 15) is 8.42 Å². The number of benzene rings is 1. The van der Waals surface area contributed by atoms with Crippen LogP contribution in [0.5, 0.6) is 0 Å². The Balaban J connectivity index is 2.16. The molecule has 0 aliphatic rings. The maximum Gasteiger partial charge on any atom is 0.241 e. The smallest absolute Gasteiger partial charge is 0.241 e. The quantitative estimate of drug-likeness (QED) is 0.920. The molecule has 5 nitrogen and oxygen atoms in total. The van der Waals surface area contributed by atoms with Gasteiger partial charge in [0.05, 0.1) is 23.4 Å². The van der Waals surface area contributed by atoms with Gasteiger partial charge in [-0.3, -0.25) is 0 Å². The summed E-state index contributed by atoms with van der Waals surface area (Å²) in [6.07, 6.45) is 0.260. The van der Waals surface area contributed by atoms with Gasteiger partial charge in [-0.15, -0.1) is 0 Å². The third kappa shape index (κ3) is 3.72. The van der Waals surface area contributed by atoms with E-state index in [0.29, 0.717) is 5.76 Å². The Kier molecular flexibility index (Phi) is 4.46. The number of nitriles is 1. The Morgan fingerprint density at radius 2 is 1.90 bits per heavy atom. The SMILES string of the molecule is Cc1ccc(C(C)NS(=O)(=O)c2ccc(CC#N)cc2)o1. The highest BCUT2D eigenvalue weighted by atomic mass is 32.2. The average molecular weight is 304 g/mol. The number of sulfonamides is 1. The summed E-state index contributed by atoms with van der Waals surface area (Å²) in [5, 5.41) is 8.60. The summed E-state index contributed by atoms with van der Waals surface area (Å²) in [4.78, 5) is 0.166. The van der Waals surface area contributed by atoms with Crippen LogP contribution >= 0.6 is 0 Å². The summed E-state index contributed by atoms with van der Waals surface area (Å²) in [5.74, 6) is 1.30. The molecule has 0 aliphatic heterocycles. The predicted molar refractivity (Wildman–Crippen MR) is 77.9 cm³/mol. The number of furan rings is 1. The minimum atomic E-state index is -3.62. The zero-order valence-electron chi connectivity index (χ0n) is 11.8. The fourth-order valence-corrected chi connectivity index (χ4v) is 3.13. The van der Waals surface area contributed by atoms with Crippen LogP contribution in [0.4, 0.5) is 0 Å². The van der Waals surface area contributed by atoms with Crippen LogP contribution in [0.3, 0.4) is 0 Å². The lowest BCUT2D eigenvalue weighted by Crippen LogP contribution is -2.26. The Hall–Kier alpha value is -2.10. The summed E-state index contributed by atoms with van der Waals surface area (Å²) in [7, 11) is -3.62. The highest BCUT2D eigenvalue weighted by Gasteiger charge is 2.20. The van der Waals surface area contributed by atoms with Crippen LogP contribution in [0.1, 0.15) is 30.0 Å². The van der Waals surface area contributed by atoms with Gasteiger partial charge in [-0.2, -0.15) is 5.26 Å². The van der Waals surface area contributed by atoms with Crippen molar-refractivity contribution in [2.45, 2.75) is 31.2 Å². The molecule has 21 heavy (non-hydrogen) atoms. The molecule has 0 bridgehead atoms. The van der Waals surface area contributed by atoms with E-state index in [-0.39, 0.29) is 11.3 Å². The summed E-state index contributed by atoms with van der Waals surface area (Å²) < 4.78 is 32.5. The summed E-state index contributed by atoms with van der Waals surface area (Å²) >= 11 is 0. The van der Waals surface area contributed by atoms with E-state index in [4.69, 9.17) is 9.68 Å². The topological polar surface area (TPSA) is 83.1 Å². The van der Waals surface area contributed by atoms with Crippen LogP contribution < -0.4 is 4.72 Å². The van der Waals surface area contributed by atoms with Crippen molar-refractivity contribution in [3.8, 4) is 6.07 Å². The van der Waals surface area contributed by atoms with Crippen molar-refractivity contribution >= 4 is 10.0 Å². The van der Waals surface area contributed by atoms with Crippen molar-refractivity contribution in [2.75, 3.05) is 0 Å². The van der Waals surface area contributed by atoms with E-state index in [1.165, 1.54) is 12.1 Å². The first-order valence-corrected chi connectivity index (χ1v) is 7.95. The van der Waals surface area contributed by atoms with Crippen LogP contribution in [0, 0.1) is 18.3 Å². The van der Waals surface area contributed by atoms with Crippen LogP contribution in [-0.2, 0) is 16.4 Å². The van der Waals surface area contributed by atoms with Gasteiger partial charge in [-0.25, -0.2) is 13.1 Å². The fourth-order valence-electron chi connectivity index (χ4n) is 1.92. The molecular weight excluding hydrogens is 288 g/mol. The Bertz CT molecular complexity index is 755. The van der Waals surface area contributed by atoms with E-state index in [1.807, 2.05) is 6.07 Å². The highest BCUT2D eigenvalue weighted by molar-refractivity contribution is 7.89. The molecular formula is C15H16N2O3S. The lowest BCUT2D eigenvalue weighted by molar-refractivity contribution is 0.441. The molecule has 1 heterocycles. The molecule has 1 unspecified atom stereocenters. The molecule has 0 aliphatic carbocycles. The maximum atomic E-state index is 12.3. The van der Waals surface area contributed by atoms with Crippen molar-refractivity contribution in [3.63, 3.8) is 0 Å². The molecule has 1 aromatic heterocycles.